The summed E-state index contributed by atoms with van der Waals surface area (Å²) in [5.41, 5.74) is 0. The second-order valence-electron chi connectivity index (χ2n) is 5.88. The van der Waals surface area contributed by atoms with Crippen molar-refractivity contribution in [3.05, 3.63) is 10.7 Å². The van der Waals surface area contributed by atoms with Gasteiger partial charge in [0.2, 0.25) is 11.8 Å². The SMILES string of the molecule is CCOCCCCNC(=NC)N1CCN(c2ncc(Br)c(OC)n2)CC1. The minimum Gasteiger partial charge on any atom is -0.480 e. The average Bonchev–Trinajstić information content (AvgIpc) is 2.68. The summed E-state index contributed by atoms with van der Waals surface area (Å²) in [4.78, 5) is 17.7. The number of hydrogen-bond acceptors (Lipinski definition) is 6. The third kappa shape index (κ3) is 5.98. The number of nitrogens with one attached hydrogen (secondary N) is 1. The zero-order valence-corrected chi connectivity index (χ0v) is 17.5. The van der Waals surface area contributed by atoms with E-state index < -0.39 is 0 Å². The maximum atomic E-state index is 5.36. The third-order valence-corrected chi connectivity index (χ3v) is 4.71. The minimum absolute atomic E-state index is 0.557. The third-order valence-electron chi connectivity index (χ3n) is 4.17. The number of guanidine groups is 1. The standard InChI is InChI=1S/C17H29BrN6O2/c1-4-26-12-6-5-7-20-16(19-2)23-8-10-24(11-9-23)17-21-13-14(18)15(22-17)25-3/h13H,4-12H2,1-3H3,(H,19,20). The van der Waals surface area contributed by atoms with Crippen molar-refractivity contribution in [3.63, 3.8) is 0 Å². The number of unbranched alkanes of at least 4 members (excludes halogenated alkanes) is 1. The van der Waals surface area contributed by atoms with Crippen LogP contribution in [-0.2, 0) is 4.74 Å². The van der Waals surface area contributed by atoms with E-state index >= 15 is 0 Å². The highest BCUT2D eigenvalue weighted by Crippen LogP contribution is 2.23. The second-order valence-corrected chi connectivity index (χ2v) is 6.73. The lowest BCUT2D eigenvalue weighted by atomic mass is 10.3. The molecule has 1 saturated heterocycles. The number of anilines is 1. The summed E-state index contributed by atoms with van der Waals surface area (Å²) in [6.45, 7) is 7.98. The number of piperazine rings is 1. The first-order chi connectivity index (χ1) is 12.7. The van der Waals surface area contributed by atoms with Crippen molar-refractivity contribution >= 4 is 27.8 Å². The smallest absolute Gasteiger partial charge is 0.232 e. The van der Waals surface area contributed by atoms with Gasteiger partial charge in [0.15, 0.2) is 5.96 Å². The molecule has 1 aliphatic rings. The number of halogens is 1. The van der Waals surface area contributed by atoms with Gasteiger partial charge in [0.1, 0.15) is 0 Å². The Hall–Kier alpha value is -1.61. The molecule has 1 aromatic heterocycles. The van der Waals surface area contributed by atoms with Gasteiger partial charge in [-0.15, -0.1) is 0 Å². The maximum Gasteiger partial charge on any atom is 0.232 e. The monoisotopic (exact) mass is 428 g/mol. The second kappa shape index (κ2) is 11.2. The number of aromatic nitrogens is 2. The molecule has 0 bridgehead atoms. The van der Waals surface area contributed by atoms with Gasteiger partial charge in [-0.1, -0.05) is 0 Å². The molecule has 1 fully saturated rings. The van der Waals surface area contributed by atoms with Gasteiger partial charge < -0.3 is 24.6 Å². The molecule has 0 radical (unpaired) electrons. The molecule has 0 unspecified atom stereocenters. The molecule has 26 heavy (non-hydrogen) atoms. The van der Waals surface area contributed by atoms with Gasteiger partial charge in [-0.3, -0.25) is 4.99 Å². The largest absolute Gasteiger partial charge is 0.480 e. The zero-order chi connectivity index (χ0) is 18.8. The van der Waals surface area contributed by atoms with Gasteiger partial charge in [0.25, 0.3) is 0 Å². The quantitative estimate of drug-likeness (QED) is 0.384. The average molecular weight is 429 g/mol. The Morgan fingerprint density at radius 1 is 1.31 bits per heavy atom. The van der Waals surface area contributed by atoms with Gasteiger partial charge in [-0.05, 0) is 35.7 Å². The summed E-state index contributed by atoms with van der Waals surface area (Å²) in [7, 11) is 3.44. The van der Waals surface area contributed by atoms with E-state index in [1.807, 2.05) is 14.0 Å². The van der Waals surface area contributed by atoms with Crippen LogP contribution in [0.1, 0.15) is 19.8 Å². The van der Waals surface area contributed by atoms with Crippen molar-refractivity contribution in [2.45, 2.75) is 19.8 Å². The molecule has 1 aliphatic heterocycles. The van der Waals surface area contributed by atoms with E-state index in [-0.39, 0.29) is 0 Å². The Morgan fingerprint density at radius 3 is 2.73 bits per heavy atom. The van der Waals surface area contributed by atoms with Crippen LogP contribution >= 0.6 is 15.9 Å². The molecular weight excluding hydrogens is 400 g/mol. The first-order valence-electron chi connectivity index (χ1n) is 9.04. The Kier molecular flexibility index (Phi) is 8.90. The molecule has 9 heteroatoms. The Bertz CT molecular complexity index is 578. The summed E-state index contributed by atoms with van der Waals surface area (Å²) >= 11 is 3.39. The van der Waals surface area contributed by atoms with Crippen molar-refractivity contribution < 1.29 is 9.47 Å². The highest BCUT2D eigenvalue weighted by molar-refractivity contribution is 9.10. The molecule has 1 N–H and O–H groups in total. The van der Waals surface area contributed by atoms with E-state index in [9.17, 15) is 0 Å². The van der Waals surface area contributed by atoms with Crippen molar-refractivity contribution in [1.29, 1.82) is 0 Å². The predicted octanol–water partition coefficient (Wildman–Crippen LogP) is 1.76. The highest BCUT2D eigenvalue weighted by Gasteiger charge is 2.22. The van der Waals surface area contributed by atoms with E-state index in [1.165, 1.54) is 0 Å². The number of nitrogens with zero attached hydrogens (tertiary/aromatic N) is 5. The predicted molar refractivity (Wildman–Crippen MR) is 107 cm³/mol. The van der Waals surface area contributed by atoms with Crippen LogP contribution < -0.4 is 15.0 Å². The van der Waals surface area contributed by atoms with E-state index in [1.54, 1.807) is 13.3 Å². The summed E-state index contributed by atoms with van der Waals surface area (Å²) < 4.78 is 11.4. The van der Waals surface area contributed by atoms with Crippen molar-refractivity contribution in [3.8, 4) is 5.88 Å². The topological polar surface area (TPSA) is 75.1 Å². The van der Waals surface area contributed by atoms with Gasteiger partial charge in [0.05, 0.1) is 17.8 Å². The fourth-order valence-electron chi connectivity index (χ4n) is 2.76. The number of rotatable bonds is 8. The Balaban J connectivity index is 1.79. The van der Waals surface area contributed by atoms with Crippen molar-refractivity contribution in [2.24, 2.45) is 4.99 Å². The van der Waals surface area contributed by atoms with Gasteiger partial charge >= 0.3 is 0 Å². The molecule has 1 aromatic rings. The highest BCUT2D eigenvalue weighted by atomic mass is 79.9. The van der Waals surface area contributed by atoms with Gasteiger partial charge in [-0.25, -0.2) is 4.98 Å². The van der Waals surface area contributed by atoms with E-state index in [0.717, 1.165) is 69.2 Å². The fourth-order valence-corrected chi connectivity index (χ4v) is 3.12. The molecule has 0 spiro atoms. The number of methoxy groups -OCH3 is 1. The lowest BCUT2D eigenvalue weighted by Gasteiger charge is -2.36. The summed E-state index contributed by atoms with van der Waals surface area (Å²) in [6, 6.07) is 0. The molecule has 8 nitrogen and oxygen atoms in total. The van der Waals surface area contributed by atoms with Crippen LogP contribution in [0.25, 0.3) is 0 Å². The molecule has 2 heterocycles. The van der Waals surface area contributed by atoms with Crippen LogP contribution in [0.5, 0.6) is 5.88 Å². The summed E-state index contributed by atoms with van der Waals surface area (Å²) in [6.07, 6.45) is 3.87. The number of aliphatic imine (C=N–C) groups is 1. The molecule has 0 amide bonds. The maximum absolute atomic E-state index is 5.36. The first kappa shape index (κ1) is 20.7. The fraction of sp³-hybridized carbons (Fsp3) is 0.706. The first-order valence-corrected chi connectivity index (χ1v) is 9.83. The van der Waals surface area contributed by atoms with Crippen LogP contribution in [0.3, 0.4) is 0 Å². The van der Waals surface area contributed by atoms with Crippen molar-refractivity contribution in [1.82, 2.24) is 20.2 Å². The lowest BCUT2D eigenvalue weighted by molar-refractivity contribution is 0.143. The van der Waals surface area contributed by atoms with Crippen LogP contribution in [0.15, 0.2) is 15.7 Å². The normalized spacial score (nSPS) is 15.3. The van der Waals surface area contributed by atoms with Gasteiger partial charge in [0, 0.05) is 53.0 Å². The molecule has 146 valence electrons. The summed E-state index contributed by atoms with van der Waals surface area (Å²) in [5.74, 6) is 2.21. The van der Waals surface area contributed by atoms with Crippen LogP contribution in [0.2, 0.25) is 0 Å². The number of hydrogen-bond donors (Lipinski definition) is 1. The summed E-state index contributed by atoms with van der Waals surface area (Å²) in [5, 5.41) is 3.44. The molecule has 0 saturated carbocycles. The van der Waals surface area contributed by atoms with Crippen LogP contribution in [0.4, 0.5) is 5.95 Å². The van der Waals surface area contributed by atoms with E-state index in [4.69, 9.17) is 9.47 Å². The minimum atomic E-state index is 0.557. The van der Waals surface area contributed by atoms with Crippen molar-refractivity contribution in [2.75, 3.05) is 65.0 Å². The van der Waals surface area contributed by atoms with Crippen LogP contribution in [0, 0.1) is 0 Å². The Labute approximate surface area is 164 Å². The zero-order valence-electron chi connectivity index (χ0n) is 15.9. The number of ether oxygens (including phenoxy) is 2. The van der Waals surface area contributed by atoms with Crippen LogP contribution in [-0.4, -0.2) is 80.9 Å². The molecule has 2 rings (SSSR count). The van der Waals surface area contributed by atoms with Gasteiger partial charge in [-0.2, -0.15) is 4.98 Å². The molecule has 0 aliphatic carbocycles. The molecule has 0 aromatic carbocycles. The molecular formula is C17H29BrN6O2. The lowest BCUT2D eigenvalue weighted by Crippen LogP contribution is -2.53. The Morgan fingerprint density at radius 2 is 2.08 bits per heavy atom. The van der Waals surface area contributed by atoms with E-state index in [2.05, 4.69) is 46.0 Å². The molecule has 0 atom stereocenters. The van der Waals surface area contributed by atoms with E-state index in [0.29, 0.717) is 11.8 Å².